The number of alkyl halides is 2. The van der Waals surface area contributed by atoms with E-state index >= 15 is 0 Å². The molecule has 1 fully saturated rings. The van der Waals surface area contributed by atoms with Gasteiger partial charge in [0.05, 0.1) is 0 Å². The van der Waals surface area contributed by atoms with Gasteiger partial charge in [0.25, 0.3) is 0 Å². The van der Waals surface area contributed by atoms with Crippen LogP contribution in [-0.4, -0.2) is 37.4 Å². The van der Waals surface area contributed by atoms with Crippen LogP contribution in [0.3, 0.4) is 0 Å². The summed E-state index contributed by atoms with van der Waals surface area (Å²) in [5.74, 6) is 1.50. The standard InChI is InChI=1S/C14H18F2N2O3.ClH/c1-8-4-18(6-10(8)17)5-9-2-12-13(20-7-19-12)3-11(9)21-14(15)16;/h2-3,8,10,14H,4-7,17H2,1H3;1H. The van der Waals surface area contributed by atoms with Gasteiger partial charge in [-0.15, -0.1) is 12.4 Å². The van der Waals surface area contributed by atoms with Gasteiger partial charge in [0, 0.05) is 37.3 Å². The number of fused-ring (bicyclic) bond motifs is 1. The highest BCUT2D eigenvalue weighted by atomic mass is 35.5. The molecule has 2 aliphatic rings. The summed E-state index contributed by atoms with van der Waals surface area (Å²) in [7, 11) is 0. The number of hydrogen-bond donors (Lipinski definition) is 1. The molecular formula is C14H19ClF2N2O3. The Morgan fingerprint density at radius 2 is 2.00 bits per heavy atom. The van der Waals surface area contributed by atoms with Crippen LogP contribution < -0.4 is 19.9 Å². The van der Waals surface area contributed by atoms with E-state index < -0.39 is 6.61 Å². The zero-order chi connectivity index (χ0) is 15.0. The fraction of sp³-hybridized carbons (Fsp3) is 0.571. The molecule has 2 heterocycles. The second kappa shape index (κ2) is 6.85. The van der Waals surface area contributed by atoms with Gasteiger partial charge in [-0.25, -0.2) is 0 Å². The van der Waals surface area contributed by atoms with E-state index in [1.807, 2.05) is 0 Å². The van der Waals surface area contributed by atoms with Crippen molar-refractivity contribution in [2.24, 2.45) is 11.7 Å². The zero-order valence-electron chi connectivity index (χ0n) is 12.1. The molecule has 8 heteroatoms. The minimum atomic E-state index is -2.87. The average Bonchev–Trinajstić information content (AvgIpc) is 2.96. The molecule has 0 aliphatic carbocycles. The van der Waals surface area contributed by atoms with E-state index in [1.165, 1.54) is 6.07 Å². The molecule has 2 aliphatic heterocycles. The molecule has 2 unspecified atom stereocenters. The molecular weight excluding hydrogens is 318 g/mol. The van der Waals surface area contributed by atoms with Crippen molar-refractivity contribution >= 4 is 12.4 Å². The van der Waals surface area contributed by atoms with Crippen molar-refractivity contribution in [3.8, 4) is 17.2 Å². The Morgan fingerprint density at radius 3 is 2.59 bits per heavy atom. The Morgan fingerprint density at radius 1 is 1.32 bits per heavy atom. The highest BCUT2D eigenvalue weighted by molar-refractivity contribution is 5.85. The maximum absolute atomic E-state index is 12.6. The van der Waals surface area contributed by atoms with Gasteiger partial charge in [0.1, 0.15) is 5.75 Å². The minimum Gasteiger partial charge on any atom is -0.454 e. The number of benzene rings is 1. The molecule has 0 saturated carbocycles. The Kier molecular flexibility index (Phi) is 5.31. The van der Waals surface area contributed by atoms with Gasteiger partial charge in [0.2, 0.25) is 6.79 Å². The lowest BCUT2D eigenvalue weighted by molar-refractivity contribution is -0.0508. The van der Waals surface area contributed by atoms with Gasteiger partial charge < -0.3 is 19.9 Å². The first-order valence-corrected chi connectivity index (χ1v) is 6.88. The van der Waals surface area contributed by atoms with Gasteiger partial charge in [-0.3, -0.25) is 4.90 Å². The molecule has 5 nitrogen and oxygen atoms in total. The van der Waals surface area contributed by atoms with Crippen LogP contribution >= 0.6 is 12.4 Å². The Labute approximate surface area is 133 Å². The molecule has 1 saturated heterocycles. The molecule has 0 bridgehead atoms. The van der Waals surface area contributed by atoms with Crippen LogP contribution in [0, 0.1) is 5.92 Å². The molecule has 1 aromatic rings. The normalized spacial score (nSPS) is 23.7. The van der Waals surface area contributed by atoms with E-state index in [9.17, 15) is 8.78 Å². The lowest BCUT2D eigenvalue weighted by Crippen LogP contribution is -2.28. The number of nitrogens with zero attached hydrogens (tertiary/aromatic N) is 1. The third-order valence-electron chi connectivity index (χ3n) is 3.91. The van der Waals surface area contributed by atoms with Crippen molar-refractivity contribution in [1.29, 1.82) is 0 Å². The monoisotopic (exact) mass is 336 g/mol. The summed E-state index contributed by atoms with van der Waals surface area (Å²) in [6.45, 7) is 1.38. The summed E-state index contributed by atoms with van der Waals surface area (Å²) < 4.78 is 40.2. The van der Waals surface area contributed by atoms with E-state index in [2.05, 4.69) is 16.6 Å². The van der Waals surface area contributed by atoms with Gasteiger partial charge in [0.15, 0.2) is 11.5 Å². The minimum absolute atomic E-state index is 0. The summed E-state index contributed by atoms with van der Waals surface area (Å²) in [4.78, 5) is 2.13. The predicted molar refractivity (Wildman–Crippen MR) is 78.9 cm³/mol. The van der Waals surface area contributed by atoms with Gasteiger partial charge in [-0.1, -0.05) is 6.92 Å². The third kappa shape index (κ3) is 3.53. The maximum Gasteiger partial charge on any atom is 0.387 e. The first-order valence-electron chi connectivity index (χ1n) is 6.88. The quantitative estimate of drug-likeness (QED) is 0.913. The molecule has 124 valence electrons. The first-order chi connectivity index (χ1) is 10.0. The number of ether oxygens (including phenoxy) is 3. The Hall–Kier alpha value is -1.31. The van der Waals surface area contributed by atoms with Crippen LogP contribution in [-0.2, 0) is 6.54 Å². The molecule has 0 spiro atoms. The maximum atomic E-state index is 12.6. The van der Waals surface area contributed by atoms with Gasteiger partial charge in [-0.05, 0) is 12.0 Å². The Balaban J connectivity index is 0.00000176. The second-order valence-electron chi connectivity index (χ2n) is 5.53. The smallest absolute Gasteiger partial charge is 0.387 e. The summed E-state index contributed by atoms with van der Waals surface area (Å²) in [5, 5.41) is 0. The number of hydrogen-bond acceptors (Lipinski definition) is 5. The summed E-state index contributed by atoms with van der Waals surface area (Å²) >= 11 is 0. The lowest BCUT2D eigenvalue weighted by Gasteiger charge is -2.18. The number of halogens is 3. The van der Waals surface area contributed by atoms with Crippen LogP contribution in [0.1, 0.15) is 12.5 Å². The van der Waals surface area contributed by atoms with Crippen molar-refractivity contribution in [2.45, 2.75) is 26.1 Å². The van der Waals surface area contributed by atoms with E-state index in [-0.39, 0.29) is 31.0 Å². The van der Waals surface area contributed by atoms with E-state index in [1.54, 1.807) is 6.07 Å². The van der Waals surface area contributed by atoms with Crippen molar-refractivity contribution in [1.82, 2.24) is 4.90 Å². The summed E-state index contributed by atoms with van der Waals surface area (Å²) in [6.07, 6.45) is 0. The molecule has 0 aromatic heterocycles. The van der Waals surface area contributed by atoms with Crippen LogP contribution in [0.15, 0.2) is 12.1 Å². The van der Waals surface area contributed by atoms with Crippen LogP contribution in [0.4, 0.5) is 8.78 Å². The van der Waals surface area contributed by atoms with Gasteiger partial charge in [-0.2, -0.15) is 8.78 Å². The van der Waals surface area contributed by atoms with Crippen LogP contribution in [0.2, 0.25) is 0 Å². The summed E-state index contributed by atoms with van der Waals surface area (Å²) in [6, 6.07) is 3.27. The number of nitrogens with two attached hydrogens (primary N) is 1. The first kappa shape index (κ1) is 17.1. The SMILES string of the molecule is CC1CN(Cc2cc3c(cc2OC(F)F)OCO3)CC1N.Cl. The van der Waals surface area contributed by atoms with Crippen molar-refractivity contribution in [3.05, 3.63) is 17.7 Å². The number of likely N-dealkylation sites (tertiary alicyclic amines) is 1. The zero-order valence-corrected chi connectivity index (χ0v) is 12.9. The number of rotatable bonds is 4. The molecule has 0 amide bonds. The predicted octanol–water partition coefficient (Wildman–Crippen LogP) is 2.22. The molecule has 22 heavy (non-hydrogen) atoms. The van der Waals surface area contributed by atoms with E-state index in [4.69, 9.17) is 15.2 Å². The van der Waals surface area contributed by atoms with Crippen molar-refractivity contribution in [3.63, 3.8) is 0 Å². The topological polar surface area (TPSA) is 57.0 Å². The lowest BCUT2D eigenvalue weighted by atomic mass is 10.1. The van der Waals surface area contributed by atoms with Crippen molar-refractivity contribution < 1.29 is 23.0 Å². The second-order valence-corrected chi connectivity index (χ2v) is 5.53. The molecule has 3 rings (SSSR count). The van der Waals surface area contributed by atoms with Crippen LogP contribution in [0.25, 0.3) is 0 Å². The third-order valence-corrected chi connectivity index (χ3v) is 3.91. The largest absolute Gasteiger partial charge is 0.454 e. The van der Waals surface area contributed by atoms with Crippen molar-refractivity contribution in [2.75, 3.05) is 19.9 Å². The summed E-state index contributed by atoms with van der Waals surface area (Å²) in [5.41, 5.74) is 6.65. The average molecular weight is 337 g/mol. The van der Waals surface area contributed by atoms with Crippen LogP contribution in [0.5, 0.6) is 17.2 Å². The fourth-order valence-electron chi connectivity index (χ4n) is 2.76. The molecule has 0 radical (unpaired) electrons. The Bertz CT molecular complexity index is 523. The molecule has 2 atom stereocenters. The van der Waals surface area contributed by atoms with E-state index in [0.29, 0.717) is 29.5 Å². The van der Waals surface area contributed by atoms with E-state index in [0.717, 1.165) is 13.1 Å². The molecule has 1 aromatic carbocycles. The molecule has 2 N–H and O–H groups in total. The highest BCUT2D eigenvalue weighted by Crippen LogP contribution is 2.39. The highest BCUT2D eigenvalue weighted by Gasteiger charge is 2.28. The fourth-order valence-corrected chi connectivity index (χ4v) is 2.76. The van der Waals surface area contributed by atoms with Gasteiger partial charge >= 0.3 is 6.61 Å².